The van der Waals surface area contributed by atoms with Crippen molar-refractivity contribution in [1.82, 2.24) is 0 Å². The predicted molar refractivity (Wildman–Crippen MR) is 56.3 cm³/mol. The molecule has 0 aliphatic heterocycles. The Labute approximate surface area is 92.5 Å². The summed E-state index contributed by atoms with van der Waals surface area (Å²) in [6.45, 7) is 3.75. The Kier molecular flexibility index (Phi) is 4.79. The van der Waals surface area contributed by atoms with Gasteiger partial charge < -0.3 is 4.74 Å². The third-order valence-corrected chi connectivity index (χ3v) is 1.94. The van der Waals surface area contributed by atoms with E-state index in [1.54, 1.807) is 6.08 Å². The summed E-state index contributed by atoms with van der Waals surface area (Å²) in [5, 5.41) is 0. The number of hydrogen-bond donors (Lipinski definition) is 0. The van der Waals surface area contributed by atoms with Gasteiger partial charge in [-0.05, 0) is 24.6 Å². The van der Waals surface area contributed by atoms with Gasteiger partial charge in [-0.15, -0.1) is 6.58 Å². The molecule has 0 spiro atoms. The summed E-state index contributed by atoms with van der Waals surface area (Å²) in [6, 6.07) is 3.03. The average molecular weight is 226 g/mol. The molecule has 16 heavy (non-hydrogen) atoms. The number of hydrogen-bond acceptors (Lipinski definition) is 2. The molecule has 0 saturated carbocycles. The maximum absolute atomic E-state index is 12.8. The van der Waals surface area contributed by atoms with Crippen molar-refractivity contribution >= 4 is 5.78 Å². The van der Waals surface area contributed by atoms with E-state index < -0.39 is 11.6 Å². The van der Waals surface area contributed by atoms with E-state index in [-0.39, 0.29) is 18.0 Å². The Morgan fingerprint density at radius 2 is 2.12 bits per heavy atom. The zero-order valence-electron chi connectivity index (χ0n) is 8.71. The van der Waals surface area contributed by atoms with E-state index in [0.29, 0.717) is 13.0 Å². The van der Waals surface area contributed by atoms with Crippen LogP contribution in [0.2, 0.25) is 0 Å². The number of halogens is 2. The van der Waals surface area contributed by atoms with Gasteiger partial charge in [0.2, 0.25) is 0 Å². The van der Waals surface area contributed by atoms with Crippen LogP contribution in [0.25, 0.3) is 0 Å². The summed E-state index contributed by atoms with van der Waals surface area (Å²) >= 11 is 0. The van der Waals surface area contributed by atoms with Gasteiger partial charge in [-0.25, -0.2) is 8.78 Å². The first-order valence-corrected chi connectivity index (χ1v) is 4.82. The van der Waals surface area contributed by atoms with E-state index in [1.807, 2.05) is 0 Å². The van der Waals surface area contributed by atoms with Crippen molar-refractivity contribution in [3.63, 3.8) is 0 Å². The number of Topliss-reactive ketones (excluding diaryl/α,β-unsaturated/α-hetero) is 1. The lowest BCUT2D eigenvalue weighted by Gasteiger charge is -2.02. The van der Waals surface area contributed by atoms with E-state index in [4.69, 9.17) is 4.74 Å². The second-order valence-electron chi connectivity index (χ2n) is 3.18. The molecular weight excluding hydrogens is 214 g/mol. The number of ether oxygens (including phenoxy) is 1. The fourth-order valence-electron chi connectivity index (χ4n) is 1.08. The monoisotopic (exact) mass is 226 g/mol. The standard InChI is InChI=1S/C12H12F2O2/c1-2-3-6-16-8-12(15)9-4-5-10(13)11(14)7-9/h2,4-5,7H,1,3,6,8H2. The van der Waals surface area contributed by atoms with E-state index in [0.717, 1.165) is 12.1 Å². The van der Waals surface area contributed by atoms with Gasteiger partial charge in [-0.3, -0.25) is 4.79 Å². The molecule has 0 heterocycles. The van der Waals surface area contributed by atoms with E-state index in [2.05, 4.69) is 6.58 Å². The number of carbonyl (C=O) groups excluding carboxylic acids is 1. The molecule has 0 atom stereocenters. The molecule has 86 valence electrons. The molecule has 1 rings (SSSR count). The third kappa shape index (κ3) is 3.55. The van der Waals surface area contributed by atoms with Crippen LogP contribution in [-0.2, 0) is 4.74 Å². The predicted octanol–water partition coefficient (Wildman–Crippen LogP) is 2.74. The lowest BCUT2D eigenvalue weighted by atomic mass is 10.1. The normalized spacial score (nSPS) is 10.1. The van der Waals surface area contributed by atoms with Gasteiger partial charge in [0.25, 0.3) is 0 Å². The Morgan fingerprint density at radius 3 is 2.75 bits per heavy atom. The summed E-state index contributed by atoms with van der Waals surface area (Å²) in [5.74, 6) is -2.37. The van der Waals surface area contributed by atoms with E-state index in [1.165, 1.54) is 6.07 Å². The molecule has 0 radical (unpaired) electrons. The first-order chi connectivity index (χ1) is 7.65. The van der Waals surface area contributed by atoms with Crippen molar-refractivity contribution in [3.8, 4) is 0 Å². The van der Waals surface area contributed by atoms with Crippen molar-refractivity contribution in [1.29, 1.82) is 0 Å². The van der Waals surface area contributed by atoms with Crippen molar-refractivity contribution in [2.75, 3.05) is 13.2 Å². The summed E-state index contributed by atoms with van der Waals surface area (Å²) in [6.07, 6.45) is 2.31. The second-order valence-corrected chi connectivity index (χ2v) is 3.18. The zero-order chi connectivity index (χ0) is 12.0. The molecule has 1 aromatic rings. The lowest BCUT2D eigenvalue weighted by Crippen LogP contribution is -2.10. The van der Waals surface area contributed by atoms with Crippen molar-refractivity contribution in [3.05, 3.63) is 48.1 Å². The molecule has 0 amide bonds. The maximum Gasteiger partial charge on any atom is 0.188 e. The first kappa shape index (κ1) is 12.5. The lowest BCUT2D eigenvalue weighted by molar-refractivity contribution is 0.0768. The topological polar surface area (TPSA) is 26.3 Å². The van der Waals surface area contributed by atoms with Gasteiger partial charge in [0.1, 0.15) is 6.61 Å². The van der Waals surface area contributed by atoms with Crippen LogP contribution in [0.15, 0.2) is 30.9 Å². The molecule has 0 aliphatic rings. The summed E-state index contributed by atoms with van der Waals surface area (Å²) in [5.41, 5.74) is 0.109. The van der Waals surface area contributed by atoms with Crippen LogP contribution in [0, 0.1) is 11.6 Å². The van der Waals surface area contributed by atoms with E-state index in [9.17, 15) is 13.6 Å². The highest BCUT2D eigenvalue weighted by Crippen LogP contribution is 2.09. The smallest absolute Gasteiger partial charge is 0.188 e. The van der Waals surface area contributed by atoms with E-state index >= 15 is 0 Å². The largest absolute Gasteiger partial charge is 0.373 e. The van der Waals surface area contributed by atoms with Crippen LogP contribution >= 0.6 is 0 Å². The van der Waals surface area contributed by atoms with Crippen molar-refractivity contribution in [2.45, 2.75) is 6.42 Å². The molecular formula is C12H12F2O2. The molecule has 0 aromatic heterocycles. The summed E-state index contributed by atoms with van der Waals surface area (Å²) in [4.78, 5) is 11.4. The summed E-state index contributed by atoms with van der Waals surface area (Å²) in [7, 11) is 0. The Bertz CT molecular complexity index is 389. The molecule has 0 N–H and O–H groups in total. The van der Waals surface area contributed by atoms with Gasteiger partial charge in [0.05, 0.1) is 6.61 Å². The zero-order valence-corrected chi connectivity index (χ0v) is 8.71. The highest BCUT2D eigenvalue weighted by atomic mass is 19.2. The molecule has 1 aromatic carbocycles. The van der Waals surface area contributed by atoms with Crippen LogP contribution in [0.3, 0.4) is 0 Å². The highest BCUT2D eigenvalue weighted by Gasteiger charge is 2.09. The Balaban J connectivity index is 2.52. The fraction of sp³-hybridized carbons (Fsp3) is 0.250. The highest BCUT2D eigenvalue weighted by molar-refractivity contribution is 5.97. The van der Waals surface area contributed by atoms with Gasteiger partial charge in [0.15, 0.2) is 17.4 Å². The Morgan fingerprint density at radius 1 is 1.38 bits per heavy atom. The van der Waals surface area contributed by atoms with Crippen molar-refractivity contribution in [2.24, 2.45) is 0 Å². The fourth-order valence-corrected chi connectivity index (χ4v) is 1.08. The second kappa shape index (κ2) is 6.12. The quantitative estimate of drug-likeness (QED) is 0.423. The number of rotatable bonds is 6. The van der Waals surface area contributed by atoms with Crippen LogP contribution in [0.5, 0.6) is 0 Å². The van der Waals surface area contributed by atoms with Crippen LogP contribution < -0.4 is 0 Å². The third-order valence-electron chi connectivity index (χ3n) is 1.94. The maximum atomic E-state index is 12.8. The van der Waals surface area contributed by atoms with Gasteiger partial charge in [-0.2, -0.15) is 0 Å². The number of carbonyl (C=O) groups is 1. The number of benzene rings is 1. The number of ketones is 1. The first-order valence-electron chi connectivity index (χ1n) is 4.82. The molecule has 2 nitrogen and oxygen atoms in total. The Hall–Kier alpha value is -1.55. The summed E-state index contributed by atoms with van der Waals surface area (Å²) < 4.78 is 30.4. The molecule has 0 saturated heterocycles. The minimum Gasteiger partial charge on any atom is -0.373 e. The molecule has 0 bridgehead atoms. The molecule has 0 fully saturated rings. The molecule has 0 aliphatic carbocycles. The minimum atomic E-state index is -1.03. The van der Waals surface area contributed by atoms with Crippen LogP contribution in [0.4, 0.5) is 8.78 Å². The minimum absolute atomic E-state index is 0.109. The van der Waals surface area contributed by atoms with Crippen molar-refractivity contribution < 1.29 is 18.3 Å². The average Bonchev–Trinajstić information content (AvgIpc) is 2.28. The van der Waals surface area contributed by atoms with Gasteiger partial charge >= 0.3 is 0 Å². The van der Waals surface area contributed by atoms with Gasteiger partial charge in [0, 0.05) is 5.56 Å². The van der Waals surface area contributed by atoms with Gasteiger partial charge in [-0.1, -0.05) is 6.08 Å². The SMILES string of the molecule is C=CCCOCC(=O)c1ccc(F)c(F)c1. The molecule has 0 unspecified atom stereocenters. The van der Waals surface area contributed by atoms with Crippen LogP contribution in [-0.4, -0.2) is 19.0 Å². The molecule has 4 heteroatoms. The van der Waals surface area contributed by atoms with Crippen LogP contribution in [0.1, 0.15) is 16.8 Å².